The largest absolute Gasteiger partial charge is 0.481 e. The van der Waals surface area contributed by atoms with Gasteiger partial charge in [0.1, 0.15) is 0 Å². The van der Waals surface area contributed by atoms with Crippen LogP contribution in [-0.4, -0.2) is 34.5 Å². The molecule has 1 aliphatic heterocycles. The normalized spacial score (nSPS) is 23.0. The van der Waals surface area contributed by atoms with E-state index in [1.165, 1.54) is 0 Å². The Bertz CT molecular complexity index is 556. The Hall–Kier alpha value is -1.88. The van der Waals surface area contributed by atoms with Crippen molar-refractivity contribution in [3.63, 3.8) is 0 Å². The minimum absolute atomic E-state index is 0.227. The summed E-state index contributed by atoms with van der Waals surface area (Å²) in [7, 11) is 0. The van der Waals surface area contributed by atoms with Crippen LogP contribution < -0.4 is 5.73 Å². The molecule has 0 radical (unpaired) electrons. The number of primary amides is 1. The van der Waals surface area contributed by atoms with Crippen LogP contribution in [0.15, 0.2) is 18.2 Å². The van der Waals surface area contributed by atoms with Gasteiger partial charge in [-0.2, -0.15) is 0 Å². The molecule has 3 N–H and O–H groups in total. The molecule has 2 unspecified atom stereocenters. The van der Waals surface area contributed by atoms with Crippen LogP contribution in [0.5, 0.6) is 0 Å². The molecule has 1 heterocycles. The highest BCUT2D eigenvalue weighted by Crippen LogP contribution is 2.25. The predicted molar refractivity (Wildman–Crippen MR) is 79.9 cm³/mol. The lowest BCUT2D eigenvalue weighted by Crippen LogP contribution is -2.42. The molecule has 2 rings (SSSR count). The maximum Gasteiger partial charge on any atom is 0.306 e. The number of nitrogens with two attached hydrogens (primary N) is 1. The van der Waals surface area contributed by atoms with E-state index in [0.29, 0.717) is 18.4 Å². The van der Waals surface area contributed by atoms with Crippen molar-refractivity contribution in [2.75, 3.05) is 6.54 Å². The fourth-order valence-corrected chi connectivity index (χ4v) is 2.93. The summed E-state index contributed by atoms with van der Waals surface area (Å²) in [6.45, 7) is 5.60. The average Bonchev–Trinajstić information content (AvgIpc) is 2.42. The number of carboxylic acids is 1. The summed E-state index contributed by atoms with van der Waals surface area (Å²) in [4.78, 5) is 24.5. The maximum atomic E-state index is 11.2. The van der Waals surface area contributed by atoms with E-state index in [9.17, 15) is 9.59 Å². The van der Waals surface area contributed by atoms with E-state index in [1.54, 1.807) is 6.07 Å². The number of nitrogens with zero attached hydrogens (tertiary/aromatic N) is 1. The van der Waals surface area contributed by atoms with Crippen molar-refractivity contribution in [1.82, 2.24) is 4.90 Å². The molecule has 1 aromatic rings. The first kappa shape index (κ1) is 15.5. The van der Waals surface area contributed by atoms with Gasteiger partial charge < -0.3 is 10.8 Å². The molecule has 114 valence electrons. The van der Waals surface area contributed by atoms with E-state index in [0.717, 1.165) is 24.2 Å². The van der Waals surface area contributed by atoms with Gasteiger partial charge in [0, 0.05) is 18.2 Å². The molecule has 21 heavy (non-hydrogen) atoms. The molecule has 1 aromatic carbocycles. The Morgan fingerprint density at radius 3 is 2.67 bits per heavy atom. The Labute approximate surface area is 124 Å². The molecule has 1 fully saturated rings. The summed E-state index contributed by atoms with van der Waals surface area (Å²) in [5.41, 5.74) is 7.99. The van der Waals surface area contributed by atoms with Crippen molar-refractivity contribution in [3.8, 4) is 0 Å². The molecule has 2 atom stereocenters. The van der Waals surface area contributed by atoms with Gasteiger partial charge in [0.2, 0.25) is 5.91 Å². The molecule has 5 nitrogen and oxygen atoms in total. The topological polar surface area (TPSA) is 83.6 Å². The standard InChI is InChI=1S/C16H22N2O3/c1-10-7-12(15(17)19)3-4-14(10)9-18-6-5-13(16(20)21)8-11(18)2/h3-4,7,11,13H,5-6,8-9H2,1-2H3,(H2,17,19)(H,20,21). The molecule has 0 bridgehead atoms. The van der Waals surface area contributed by atoms with Crippen LogP contribution in [0.25, 0.3) is 0 Å². The molecule has 0 saturated carbocycles. The van der Waals surface area contributed by atoms with Gasteiger partial charge in [-0.1, -0.05) is 6.07 Å². The van der Waals surface area contributed by atoms with E-state index in [4.69, 9.17) is 10.8 Å². The van der Waals surface area contributed by atoms with Crippen LogP contribution in [0.3, 0.4) is 0 Å². The zero-order valence-corrected chi connectivity index (χ0v) is 12.5. The molecular weight excluding hydrogens is 268 g/mol. The summed E-state index contributed by atoms with van der Waals surface area (Å²) in [6.07, 6.45) is 1.38. The van der Waals surface area contributed by atoms with Crippen molar-refractivity contribution in [2.24, 2.45) is 11.7 Å². The monoisotopic (exact) mass is 290 g/mol. The second-order valence-corrected chi connectivity index (χ2v) is 5.88. The fraction of sp³-hybridized carbons (Fsp3) is 0.500. The van der Waals surface area contributed by atoms with Gasteiger partial charge in [0.15, 0.2) is 0 Å². The Morgan fingerprint density at radius 1 is 1.43 bits per heavy atom. The van der Waals surface area contributed by atoms with Crippen LogP contribution in [-0.2, 0) is 11.3 Å². The van der Waals surface area contributed by atoms with E-state index < -0.39 is 11.9 Å². The number of aliphatic carboxylic acids is 1. The number of amides is 1. The lowest BCUT2D eigenvalue weighted by atomic mass is 9.91. The summed E-state index contributed by atoms with van der Waals surface area (Å²) >= 11 is 0. The molecule has 1 aliphatic rings. The number of aryl methyl sites for hydroxylation is 1. The lowest BCUT2D eigenvalue weighted by Gasteiger charge is -2.36. The molecular formula is C16H22N2O3. The number of carbonyl (C=O) groups is 2. The van der Waals surface area contributed by atoms with E-state index in [2.05, 4.69) is 11.8 Å². The lowest BCUT2D eigenvalue weighted by molar-refractivity contribution is -0.144. The van der Waals surface area contributed by atoms with Gasteiger partial charge in [-0.05, 0) is 56.5 Å². The Morgan fingerprint density at radius 2 is 2.14 bits per heavy atom. The number of rotatable bonds is 4. The van der Waals surface area contributed by atoms with Crippen molar-refractivity contribution in [3.05, 3.63) is 34.9 Å². The quantitative estimate of drug-likeness (QED) is 0.885. The Balaban J connectivity index is 2.05. The minimum Gasteiger partial charge on any atom is -0.481 e. The van der Waals surface area contributed by atoms with Crippen LogP contribution >= 0.6 is 0 Å². The van der Waals surface area contributed by atoms with E-state index >= 15 is 0 Å². The van der Waals surface area contributed by atoms with Gasteiger partial charge >= 0.3 is 5.97 Å². The number of piperidine rings is 1. The smallest absolute Gasteiger partial charge is 0.306 e. The minimum atomic E-state index is -0.691. The number of hydrogen-bond acceptors (Lipinski definition) is 3. The fourth-order valence-electron chi connectivity index (χ4n) is 2.93. The molecule has 1 saturated heterocycles. The number of benzene rings is 1. The predicted octanol–water partition coefficient (Wildman–Crippen LogP) is 1.78. The third-order valence-corrected chi connectivity index (χ3v) is 4.36. The van der Waals surface area contributed by atoms with E-state index in [-0.39, 0.29) is 12.0 Å². The first-order chi connectivity index (χ1) is 9.88. The zero-order chi connectivity index (χ0) is 15.6. The van der Waals surface area contributed by atoms with Gasteiger partial charge in [-0.3, -0.25) is 14.5 Å². The average molecular weight is 290 g/mol. The third kappa shape index (κ3) is 3.61. The van der Waals surface area contributed by atoms with Crippen LogP contribution in [0, 0.1) is 12.8 Å². The van der Waals surface area contributed by atoms with Crippen LogP contribution in [0.4, 0.5) is 0 Å². The van der Waals surface area contributed by atoms with Gasteiger partial charge in [0.25, 0.3) is 0 Å². The molecule has 0 aromatic heterocycles. The number of hydrogen-bond donors (Lipinski definition) is 2. The second kappa shape index (κ2) is 6.26. The highest BCUT2D eigenvalue weighted by atomic mass is 16.4. The van der Waals surface area contributed by atoms with Crippen LogP contribution in [0.1, 0.15) is 41.3 Å². The third-order valence-electron chi connectivity index (χ3n) is 4.36. The van der Waals surface area contributed by atoms with Gasteiger partial charge in [-0.15, -0.1) is 0 Å². The Kier molecular flexibility index (Phi) is 4.63. The summed E-state index contributed by atoms with van der Waals surface area (Å²) in [5, 5.41) is 9.10. The van der Waals surface area contributed by atoms with Crippen molar-refractivity contribution in [1.29, 1.82) is 0 Å². The van der Waals surface area contributed by atoms with E-state index in [1.807, 2.05) is 19.1 Å². The zero-order valence-electron chi connectivity index (χ0n) is 12.5. The molecule has 5 heteroatoms. The highest BCUT2D eigenvalue weighted by molar-refractivity contribution is 5.93. The van der Waals surface area contributed by atoms with Crippen molar-refractivity contribution >= 4 is 11.9 Å². The van der Waals surface area contributed by atoms with Crippen molar-refractivity contribution < 1.29 is 14.7 Å². The maximum absolute atomic E-state index is 11.2. The number of likely N-dealkylation sites (tertiary alicyclic amines) is 1. The summed E-state index contributed by atoms with van der Waals surface area (Å²) in [6, 6.07) is 5.74. The summed E-state index contributed by atoms with van der Waals surface area (Å²) in [5.74, 6) is -1.33. The first-order valence-corrected chi connectivity index (χ1v) is 7.24. The first-order valence-electron chi connectivity index (χ1n) is 7.24. The SMILES string of the molecule is Cc1cc(C(N)=O)ccc1CN1CCC(C(=O)O)CC1C. The van der Waals surface area contributed by atoms with Gasteiger partial charge in [0.05, 0.1) is 5.92 Å². The van der Waals surface area contributed by atoms with Crippen molar-refractivity contribution in [2.45, 2.75) is 39.3 Å². The van der Waals surface area contributed by atoms with Crippen LogP contribution in [0.2, 0.25) is 0 Å². The summed E-state index contributed by atoms with van der Waals surface area (Å²) < 4.78 is 0. The number of carboxylic acid groups (broad SMARTS) is 1. The molecule has 1 amide bonds. The van der Waals surface area contributed by atoms with Gasteiger partial charge in [-0.25, -0.2) is 0 Å². The molecule has 0 aliphatic carbocycles. The second-order valence-electron chi connectivity index (χ2n) is 5.88. The molecule has 0 spiro atoms. The highest BCUT2D eigenvalue weighted by Gasteiger charge is 2.29. The number of carbonyl (C=O) groups excluding carboxylic acids is 1.